The van der Waals surface area contributed by atoms with Crippen LogP contribution in [0.5, 0.6) is 0 Å². The fourth-order valence-corrected chi connectivity index (χ4v) is 0. The zero-order valence-electron chi connectivity index (χ0n) is 5.96. The Morgan fingerprint density at radius 1 is 1.00 bits per heavy atom. The van der Waals surface area contributed by atoms with Crippen LogP contribution in [-0.2, 0) is 26.3 Å². The van der Waals surface area contributed by atoms with Crippen LogP contribution in [0.25, 0.3) is 0 Å². The van der Waals surface area contributed by atoms with Gasteiger partial charge in [0.25, 0.3) is 0 Å². The van der Waals surface area contributed by atoms with Crippen LogP contribution < -0.4 is 130 Å². The van der Waals surface area contributed by atoms with Crippen molar-refractivity contribution in [2.24, 2.45) is 0 Å². The van der Waals surface area contributed by atoms with Gasteiger partial charge in [-0.15, -0.1) is 0 Å². The van der Waals surface area contributed by atoms with Crippen LogP contribution in [-0.4, -0.2) is 0 Å². The van der Waals surface area contributed by atoms with Gasteiger partial charge in [-0.1, -0.05) is 0 Å². The van der Waals surface area contributed by atoms with E-state index < -0.39 is 7.82 Å². The molecule has 10 heteroatoms. The molecule has 0 aliphatic heterocycles. The van der Waals surface area contributed by atoms with Gasteiger partial charge in [0.15, 0.2) is 0 Å². The van der Waals surface area contributed by atoms with Gasteiger partial charge in [-0.05, 0) is 0 Å². The van der Waals surface area contributed by atoms with Gasteiger partial charge < -0.3 is 23.9 Å². The van der Waals surface area contributed by atoms with Gasteiger partial charge in [0.05, 0.1) is 0 Å². The van der Waals surface area contributed by atoms with E-state index in [9.17, 15) is 0 Å². The molecule has 0 heterocycles. The Balaban J connectivity index is -0.00000000800. The van der Waals surface area contributed by atoms with E-state index in [0.29, 0.717) is 0 Å². The molecule has 0 aromatic heterocycles. The quantitative estimate of drug-likeness (QED) is 0.314. The molecule has 0 bridgehead atoms. The summed E-state index contributed by atoms with van der Waals surface area (Å²) in [7, 11) is -5.39. The monoisotopic (exact) mass is 247 g/mol. The van der Waals surface area contributed by atoms with Gasteiger partial charge in [0.2, 0.25) is 0 Å². The molecule has 0 aromatic carbocycles. The Kier molecular flexibility index (Phi) is 69.8. The van der Waals surface area contributed by atoms with Crippen molar-refractivity contribution in [2.75, 3.05) is 0 Å². The third-order valence-electron chi connectivity index (χ3n) is 0. The molecule has 0 rings (SSSR count). The average molecular weight is 247 g/mol. The van der Waals surface area contributed by atoms with Crippen LogP contribution in [0.4, 0.5) is 0 Å². The van der Waals surface area contributed by atoms with Crippen molar-refractivity contribution in [2.45, 2.75) is 0 Å². The van der Waals surface area contributed by atoms with E-state index in [1.807, 2.05) is 0 Å². The minimum atomic E-state index is -5.39. The molecule has 0 unspecified atom stereocenters. The zero-order valence-corrected chi connectivity index (χ0v) is 15.5. The third-order valence-corrected chi connectivity index (χ3v) is 0. The molecule has 0 aromatic rings. The summed E-state index contributed by atoms with van der Waals surface area (Å²) >= 11 is 0. The molecule has 0 amide bonds. The standard InChI is InChI=1S/FH.K.2Na.H3O4P.Ti/c;;;;1-5(2,3)4;/h1H;;;;(H3,1,2,3,4);/q;3*+1;;+4/p-4. The van der Waals surface area contributed by atoms with Crippen LogP contribution >= 0.6 is 7.82 Å². The van der Waals surface area contributed by atoms with Gasteiger partial charge in [-0.2, -0.15) is 7.82 Å². The third kappa shape index (κ3) is 83.4. The normalized spacial score (nSPS) is 5.90. The first-order valence-electron chi connectivity index (χ1n) is 0.730. The summed E-state index contributed by atoms with van der Waals surface area (Å²) in [6.07, 6.45) is 0. The molecule has 0 N–H and O–H groups in total. The number of hydrogen-bond donors (Lipinski definition) is 0. The summed E-state index contributed by atoms with van der Waals surface area (Å²) in [4.78, 5) is 25.6. The second-order valence-corrected chi connectivity index (χ2v) is 1.34. The van der Waals surface area contributed by atoms with E-state index in [1.165, 1.54) is 0 Å². The summed E-state index contributed by atoms with van der Waals surface area (Å²) in [6.45, 7) is 0. The molecule has 4 nitrogen and oxygen atoms in total. The Bertz CT molecular complexity index is 69.4. The SMILES string of the molecule is O=P([O-])([O-])[O-].[F-].[K+].[Na+].[Na+].[Ti+4]. The fraction of sp³-hybridized carbons (Fsp3) is 0. The summed E-state index contributed by atoms with van der Waals surface area (Å²) in [5.74, 6) is 0. The van der Waals surface area contributed by atoms with Crippen molar-refractivity contribution in [1.29, 1.82) is 0 Å². The molecule has 0 saturated heterocycles. The molecular formula is FKNa2O4PTi+3. The van der Waals surface area contributed by atoms with Crippen LogP contribution in [0.15, 0.2) is 0 Å². The van der Waals surface area contributed by atoms with Crippen molar-refractivity contribution in [3.05, 3.63) is 0 Å². The van der Waals surface area contributed by atoms with Gasteiger partial charge in [0.1, 0.15) is 0 Å². The zero-order chi connectivity index (χ0) is 4.50. The second-order valence-electron chi connectivity index (χ2n) is 0.447. The first-order chi connectivity index (χ1) is 2.00. The van der Waals surface area contributed by atoms with E-state index in [1.54, 1.807) is 0 Å². The van der Waals surface area contributed by atoms with E-state index in [4.69, 9.17) is 19.2 Å². The Labute approximate surface area is 160 Å². The predicted octanol–water partition coefficient (Wildman–Crippen LogP) is -14.8. The maximum atomic E-state index is 8.55. The van der Waals surface area contributed by atoms with Crippen LogP contribution in [0.1, 0.15) is 0 Å². The van der Waals surface area contributed by atoms with E-state index >= 15 is 0 Å². The van der Waals surface area contributed by atoms with Gasteiger partial charge in [-0.3, -0.25) is 0 Å². The molecule has 0 aliphatic rings. The molecule has 0 radical (unpaired) electrons. The van der Waals surface area contributed by atoms with Crippen molar-refractivity contribution in [1.82, 2.24) is 0 Å². The Morgan fingerprint density at radius 2 is 1.00 bits per heavy atom. The van der Waals surface area contributed by atoms with E-state index in [-0.39, 0.29) is 137 Å². The van der Waals surface area contributed by atoms with Crippen molar-refractivity contribution < 1.29 is 156 Å². The first-order valence-corrected chi connectivity index (χ1v) is 2.19. The smallest absolute Gasteiger partial charge is 1.00 e. The predicted molar refractivity (Wildman–Crippen MR) is 7.61 cm³/mol. The molecular weight excluding hydrogens is 247 g/mol. The van der Waals surface area contributed by atoms with Crippen LogP contribution in [0, 0.1) is 0 Å². The van der Waals surface area contributed by atoms with E-state index in [2.05, 4.69) is 0 Å². The van der Waals surface area contributed by atoms with Crippen molar-refractivity contribution >= 4 is 7.82 Å². The number of hydrogen-bond acceptors (Lipinski definition) is 4. The van der Waals surface area contributed by atoms with Crippen molar-refractivity contribution in [3.8, 4) is 0 Å². The van der Waals surface area contributed by atoms with Gasteiger partial charge in [-0.25, -0.2) is 0 Å². The Morgan fingerprint density at radius 3 is 1.00 bits per heavy atom. The van der Waals surface area contributed by atoms with Gasteiger partial charge >= 0.3 is 132 Å². The van der Waals surface area contributed by atoms with Crippen molar-refractivity contribution in [3.63, 3.8) is 0 Å². The largest absolute Gasteiger partial charge is 4.00 e. The summed E-state index contributed by atoms with van der Waals surface area (Å²) in [6, 6.07) is 0. The summed E-state index contributed by atoms with van der Waals surface area (Å²) < 4.78 is 8.55. The minimum Gasteiger partial charge on any atom is -1.00 e. The van der Waals surface area contributed by atoms with Gasteiger partial charge in [0, 0.05) is 0 Å². The minimum absolute atomic E-state index is 0. The maximum Gasteiger partial charge on any atom is 4.00 e. The Hall–Kier alpha value is 4.39. The molecule has 0 aliphatic carbocycles. The molecule has 40 valence electrons. The second kappa shape index (κ2) is 19.0. The number of rotatable bonds is 0. The molecule has 0 fully saturated rings. The molecule has 10 heavy (non-hydrogen) atoms. The maximum absolute atomic E-state index is 8.55. The first kappa shape index (κ1) is 36.7. The molecule has 0 atom stereocenters. The average Bonchev–Trinajstić information content (AvgIpc) is 0.722. The molecule has 0 saturated carbocycles. The molecule has 0 spiro atoms. The summed E-state index contributed by atoms with van der Waals surface area (Å²) in [5.41, 5.74) is 0. The number of halogens is 1. The van der Waals surface area contributed by atoms with E-state index in [0.717, 1.165) is 0 Å². The summed E-state index contributed by atoms with van der Waals surface area (Å²) in [5, 5.41) is 0. The van der Waals surface area contributed by atoms with Crippen LogP contribution in [0.2, 0.25) is 0 Å². The number of phosphoric acid groups is 1. The topological polar surface area (TPSA) is 86.2 Å². The fourth-order valence-electron chi connectivity index (χ4n) is 0. The van der Waals surface area contributed by atoms with Crippen LogP contribution in [0.3, 0.4) is 0 Å².